The molecule has 1 spiro atoms. The van der Waals surface area contributed by atoms with Crippen molar-refractivity contribution >= 4 is 17.7 Å². The van der Waals surface area contributed by atoms with E-state index in [9.17, 15) is 4.79 Å². The van der Waals surface area contributed by atoms with E-state index < -0.39 is 0 Å². The highest BCUT2D eigenvalue weighted by molar-refractivity contribution is 7.99. The number of likely N-dealkylation sites (tertiary alicyclic amines) is 1. The zero-order valence-corrected chi connectivity index (χ0v) is 10.6. The van der Waals surface area contributed by atoms with Gasteiger partial charge in [0, 0.05) is 24.8 Å². The average molecular weight is 227 g/mol. The number of amides is 1. The van der Waals surface area contributed by atoms with Crippen LogP contribution in [-0.4, -0.2) is 35.4 Å². The third-order valence-corrected chi connectivity index (χ3v) is 5.04. The van der Waals surface area contributed by atoms with Gasteiger partial charge in [-0.15, -0.1) is 0 Å². The Labute approximate surface area is 96.8 Å². The molecule has 0 bridgehead atoms. The molecule has 2 fully saturated rings. The Hall–Kier alpha value is -0.180. The lowest BCUT2D eigenvalue weighted by molar-refractivity contribution is -0.130. The smallest absolute Gasteiger partial charge is 0.223 e. The van der Waals surface area contributed by atoms with Crippen LogP contribution in [0.4, 0.5) is 0 Å². The third-order valence-electron chi connectivity index (χ3n) is 4.07. The van der Waals surface area contributed by atoms with E-state index in [0.717, 1.165) is 19.5 Å². The van der Waals surface area contributed by atoms with Crippen molar-refractivity contribution in [1.29, 1.82) is 0 Å². The highest BCUT2D eigenvalue weighted by Gasteiger charge is 2.43. The Kier molecular flexibility index (Phi) is 3.29. The number of hydrogen-bond donors (Lipinski definition) is 0. The van der Waals surface area contributed by atoms with Crippen molar-refractivity contribution in [1.82, 2.24) is 4.90 Å². The van der Waals surface area contributed by atoms with Gasteiger partial charge in [0.05, 0.1) is 0 Å². The Morgan fingerprint density at radius 3 is 2.67 bits per heavy atom. The van der Waals surface area contributed by atoms with Gasteiger partial charge in [0.2, 0.25) is 5.91 Å². The van der Waals surface area contributed by atoms with Crippen LogP contribution < -0.4 is 0 Å². The minimum absolute atomic E-state index is 0.376. The second kappa shape index (κ2) is 4.36. The molecule has 1 saturated heterocycles. The van der Waals surface area contributed by atoms with Gasteiger partial charge >= 0.3 is 0 Å². The van der Waals surface area contributed by atoms with E-state index in [1.54, 1.807) is 11.8 Å². The fraction of sp³-hybridized carbons (Fsp3) is 0.917. The fourth-order valence-corrected chi connectivity index (χ4v) is 3.00. The summed E-state index contributed by atoms with van der Waals surface area (Å²) in [6.07, 6.45) is 8.14. The van der Waals surface area contributed by atoms with Crippen molar-refractivity contribution in [2.75, 3.05) is 19.3 Å². The largest absolute Gasteiger partial charge is 0.342 e. The molecule has 1 aliphatic heterocycles. The molecular weight excluding hydrogens is 206 g/mol. The lowest BCUT2D eigenvalue weighted by Crippen LogP contribution is -2.36. The molecule has 15 heavy (non-hydrogen) atoms. The van der Waals surface area contributed by atoms with Crippen molar-refractivity contribution in [2.24, 2.45) is 5.41 Å². The number of hydrogen-bond acceptors (Lipinski definition) is 2. The van der Waals surface area contributed by atoms with Gasteiger partial charge in [0.25, 0.3) is 0 Å². The predicted molar refractivity (Wildman–Crippen MR) is 65.1 cm³/mol. The van der Waals surface area contributed by atoms with Crippen molar-refractivity contribution in [3.8, 4) is 0 Å². The molecule has 0 aromatic heterocycles. The maximum absolute atomic E-state index is 12.0. The van der Waals surface area contributed by atoms with Crippen molar-refractivity contribution in [3.63, 3.8) is 0 Å². The fourth-order valence-electron chi connectivity index (χ4n) is 2.69. The zero-order chi connectivity index (χ0) is 10.9. The summed E-state index contributed by atoms with van der Waals surface area (Å²) >= 11 is 1.78. The molecule has 0 N–H and O–H groups in total. The molecule has 0 aromatic carbocycles. The number of nitrogens with zero attached hydrogens (tertiary/aromatic N) is 1. The molecule has 86 valence electrons. The molecule has 1 heterocycles. The maximum atomic E-state index is 12.0. The second-order valence-corrected chi connectivity index (χ2v) is 6.45. The van der Waals surface area contributed by atoms with Gasteiger partial charge in [0.1, 0.15) is 0 Å². The van der Waals surface area contributed by atoms with E-state index in [0.29, 0.717) is 16.6 Å². The van der Waals surface area contributed by atoms with Crippen LogP contribution in [-0.2, 0) is 4.79 Å². The number of thioether (sulfide) groups is 1. The van der Waals surface area contributed by atoms with E-state index in [-0.39, 0.29) is 0 Å². The standard InChI is InChI=1S/C12H21NOS/c1-10(15-2)8-11(14)13-7-6-12(9-13)4-3-5-12/h10H,3-9H2,1-2H3/t10-/m1/s1. The van der Waals surface area contributed by atoms with Crippen molar-refractivity contribution in [3.05, 3.63) is 0 Å². The molecule has 1 amide bonds. The summed E-state index contributed by atoms with van der Waals surface area (Å²) < 4.78 is 0. The Balaban J connectivity index is 1.82. The van der Waals surface area contributed by atoms with Crippen LogP contribution >= 0.6 is 11.8 Å². The monoisotopic (exact) mass is 227 g/mol. The summed E-state index contributed by atoms with van der Waals surface area (Å²) in [5.41, 5.74) is 0.554. The van der Waals surface area contributed by atoms with Crippen LogP contribution in [0.3, 0.4) is 0 Å². The van der Waals surface area contributed by atoms with Crippen LogP contribution in [0.15, 0.2) is 0 Å². The van der Waals surface area contributed by atoms with Gasteiger partial charge in [-0.05, 0) is 30.9 Å². The lowest BCUT2D eigenvalue weighted by atomic mass is 9.68. The van der Waals surface area contributed by atoms with Gasteiger partial charge < -0.3 is 4.90 Å². The average Bonchev–Trinajstić information content (AvgIpc) is 2.61. The van der Waals surface area contributed by atoms with Gasteiger partial charge in [-0.1, -0.05) is 13.3 Å². The van der Waals surface area contributed by atoms with Gasteiger partial charge in [-0.2, -0.15) is 11.8 Å². The Morgan fingerprint density at radius 1 is 1.47 bits per heavy atom. The Bertz CT molecular complexity index is 250. The Morgan fingerprint density at radius 2 is 2.20 bits per heavy atom. The van der Waals surface area contributed by atoms with E-state index in [1.807, 2.05) is 0 Å². The van der Waals surface area contributed by atoms with Gasteiger partial charge in [-0.3, -0.25) is 4.79 Å². The van der Waals surface area contributed by atoms with Crippen molar-refractivity contribution < 1.29 is 4.79 Å². The predicted octanol–water partition coefficient (Wildman–Crippen LogP) is 2.53. The number of carbonyl (C=O) groups excluding carboxylic acids is 1. The van der Waals surface area contributed by atoms with Crippen LogP contribution in [0.25, 0.3) is 0 Å². The number of carbonyl (C=O) groups is 1. The van der Waals surface area contributed by atoms with Crippen molar-refractivity contribution in [2.45, 2.75) is 44.3 Å². The lowest BCUT2D eigenvalue weighted by Gasteiger charge is -2.38. The van der Waals surface area contributed by atoms with Crippen LogP contribution in [0, 0.1) is 5.41 Å². The summed E-state index contributed by atoms with van der Waals surface area (Å²) in [5.74, 6) is 0.376. The summed E-state index contributed by atoms with van der Waals surface area (Å²) in [6, 6.07) is 0. The summed E-state index contributed by atoms with van der Waals surface area (Å²) in [4.78, 5) is 14.1. The molecule has 1 aliphatic carbocycles. The highest BCUT2D eigenvalue weighted by atomic mass is 32.2. The maximum Gasteiger partial charge on any atom is 0.223 e. The van der Waals surface area contributed by atoms with E-state index >= 15 is 0 Å². The SMILES string of the molecule is CS[C@H](C)CC(=O)N1CCC2(CCC2)C1. The van der Waals surface area contributed by atoms with Crippen LogP contribution in [0.5, 0.6) is 0 Å². The van der Waals surface area contributed by atoms with Crippen LogP contribution in [0.1, 0.15) is 39.0 Å². The van der Waals surface area contributed by atoms with E-state index in [2.05, 4.69) is 18.1 Å². The first-order valence-electron chi connectivity index (χ1n) is 5.96. The summed E-state index contributed by atoms with van der Waals surface area (Å²) in [5, 5.41) is 0.468. The molecule has 3 heteroatoms. The molecule has 1 saturated carbocycles. The minimum atomic E-state index is 0.376. The second-order valence-electron chi connectivity index (χ2n) is 5.17. The highest BCUT2D eigenvalue weighted by Crippen LogP contribution is 2.48. The van der Waals surface area contributed by atoms with Crippen LogP contribution in [0.2, 0.25) is 0 Å². The topological polar surface area (TPSA) is 20.3 Å². The first-order chi connectivity index (χ1) is 7.15. The molecule has 2 aliphatic rings. The molecule has 0 aromatic rings. The normalized spacial score (nSPS) is 25.3. The molecule has 2 rings (SSSR count). The van der Waals surface area contributed by atoms with Gasteiger partial charge in [-0.25, -0.2) is 0 Å². The molecule has 0 radical (unpaired) electrons. The number of rotatable bonds is 3. The molecule has 2 nitrogen and oxygen atoms in total. The third kappa shape index (κ3) is 2.32. The minimum Gasteiger partial charge on any atom is -0.342 e. The van der Waals surface area contributed by atoms with E-state index in [4.69, 9.17) is 0 Å². The first-order valence-corrected chi connectivity index (χ1v) is 7.25. The van der Waals surface area contributed by atoms with Gasteiger partial charge in [0.15, 0.2) is 0 Å². The summed E-state index contributed by atoms with van der Waals surface area (Å²) in [6.45, 7) is 4.20. The van der Waals surface area contributed by atoms with E-state index in [1.165, 1.54) is 25.7 Å². The molecule has 1 atom stereocenters. The first kappa shape index (κ1) is 11.3. The zero-order valence-electron chi connectivity index (χ0n) is 9.79. The summed E-state index contributed by atoms with van der Waals surface area (Å²) in [7, 11) is 0. The quantitative estimate of drug-likeness (QED) is 0.738. The molecule has 0 unspecified atom stereocenters. The molecular formula is C12H21NOS.